The van der Waals surface area contributed by atoms with Crippen molar-refractivity contribution in [1.29, 1.82) is 0 Å². The van der Waals surface area contributed by atoms with E-state index in [2.05, 4.69) is 55.4 Å². The predicted octanol–water partition coefficient (Wildman–Crippen LogP) is 21.7. The van der Waals surface area contributed by atoms with Crippen LogP contribution in [0.1, 0.15) is 376 Å². The van der Waals surface area contributed by atoms with Crippen LogP contribution < -0.4 is 0 Å². The Balaban J connectivity index is 5.16. The molecule has 8 atom stereocenters. The van der Waals surface area contributed by atoms with Gasteiger partial charge >= 0.3 is 39.5 Å². The maximum atomic E-state index is 13.1. The number of unbranched alkanes of at least 4 members (excludes halogenated alkanes) is 35. The van der Waals surface area contributed by atoms with Gasteiger partial charge in [-0.15, -0.1) is 0 Å². The molecule has 19 heteroatoms. The summed E-state index contributed by atoms with van der Waals surface area (Å²) < 4.78 is 68.4. The van der Waals surface area contributed by atoms with Crippen molar-refractivity contribution in [2.24, 2.45) is 23.7 Å². The molecule has 0 aliphatic heterocycles. The third-order valence-electron chi connectivity index (χ3n) is 18.4. The Morgan fingerprint density at radius 3 is 0.755 bits per heavy atom. The number of ether oxygens (including phenoxy) is 4. The summed E-state index contributed by atoms with van der Waals surface area (Å²) in [6.07, 6.45) is 48.8. The van der Waals surface area contributed by atoms with Crippen molar-refractivity contribution in [2.75, 3.05) is 39.6 Å². The molecule has 94 heavy (non-hydrogen) atoms. The summed E-state index contributed by atoms with van der Waals surface area (Å²) in [6.45, 7) is 14.1. The summed E-state index contributed by atoms with van der Waals surface area (Å²) in [5.74, 6) is 0.946. The van der Waals surface area contributed by atoms with E-state index in [9.17, 15) is 43.2 Å². The zero-order valence-electron chi connectivity index (χ0n) is 61.6. The number of hydrogen-bond donors (Lipinski definition) is 3. The predicted molar refractivity (Wildman–Crippen MR) is 381 cm³/mol. The molecule has 0 aliphatic rings. The Kier molecular flexibility index (Phi) is 63.1. The molecule has 0 aliphatic carbocycles. The van der Waals surface area contributed by atoms with Gasteiger partial charge < -0.3 is 33.8 Å². The monoisotopic (exact) mass is 1380 g/mol. The minimum Gasteiger partial charge on any atom is -0.462 e. The molecule has 558 valence electrons. The maximum Gasteiger partial charge on any atom is 0.472 e. The van der Waals surface area contributed by atoms with Crippen LogP contribution >= 0.6 is 15.6 Å². The second kappa shape index (κ2) is 64.4. The van der Waals surface area contributed by atoms with E-state index < -0.39 is 97.5 Å². The minimum atomic E-state index is -4.96. The van der Waals surface area contributed by atoms with E-state index in [4.69, 9.17) is 37.0 Å². The van der Waals surface area contributed by atoms with Crippen molar-refractivity contribution in [3.63, 3.8) is 0 Å². The lowest BCUT2D eigenvalue weighted by Gasteiger charge is -2.21. The van der Waals surface area contributed by atoms with Crippen LogP contribution in [0.2, 0.25) is 0 Å². The molecular formula is C75H146O17P2. The van der Waals surface area contributed by atoms with Gasteiger partial charge in [-0.25, -0.2) is 9.13 Å². The molecule has 0 saturated heterocycles. The molecule has 6 unspecified atom stereocenters. The van der Waals surface area contributed by atoms with Crippen molar-refractivity contribution in [2.45, 2.75) is 395 Å². The Bertz CT molecular complexity index is 1860. The summed E-state index contributed by atoms with van der Waals surface area (Å²) in [7, 11) is -9.91. The number of esters is 4. The smallest absolute Gasteiger partial charge is 0.462 e. The molecule has 0 aromatic carbocycles. The van der Waals surface area contributed by atoms with E-state index in [0.717, 1.165) is 114 Å². The summed E-state index contributed by atoms with van der Waals surface area (Å²) in [5.41, 5.74) is 0. The highest BCUT2D eigenvalue weighted by Gasteiger charge is 2.30. The highest BCUT2D eigenvalue weighted by atomic mass is 31.2. The molecule has 0 spiro atoms. The molecule has 17 nitrogen and oxygen atoms in total. The highest BCUT2D eigenvalue weighted by molar-refractivity contribution is 7.47. The van der Waals surface area contributed by atoms with Gasteiger partial charge in [-0.3, -0.25) is 37.3 Å². The molecule has 0 bridgehead atoms. The van der Waals surface area contributed by atoms with E-state index in [-0.39, 0.29) is 25.7 Å². The summed E-state index contributed by atoms with van der Waals surface area (Å²) >= 11 is 0. The molecule has 3 N–H and O–H groups in total. The molecule has 0 saturated carbocycles. The number of rotatable bonds is 72. The molecule has 0 radical (unpaired) electrons. The lowest BCUT2D eigenvalue weighted by molar-refractivity contribution is -0.161. The quantitative estimate of drug-likeness (QED) is 0.0222. The van der Waals surface area contributed by atoms with Gasteiger partial charge in [0.2, 0.25) is 0 Å². The van der Waals surface area contributed by atoms with Crippen molar-refractivity contribution in [3.8, 4) is 0 Å². The fourth-order valence-electron chi connectivity index (χ4n) is 11.3. The summed E-state index contributed by atoms with van der Waals surface area (Å²) in [5, 5.41) is 10.6. The van der Waals surface area contributed by atoms with Crippen LogP contribution in [0.3, 0.4) is 0 Å². The second-order valence-electron chi connectivity index (χ2n) is 28.2. The summed E-state index contributed by atoms with van der Waals surface area (Å²) in [4.78, 5) is 72.7. The van der Waals surface area contributed by atoms with Crippen LogP contribution in [0, 0.1) is 23.7 Å². The van der Waals surface area contributed by atoms with Gasteiger partial charge in [-0.2, -0.15) is 0 Å². The molecular weight excluding hydrogens is 1230 g/mol. The van der Waals surface area contributed by atoms with E-state index in [1.165, 1.54) is 173 Å². The van der Waals surface area contributed by atoms with Gasteiger partial charge in [-0.05, 0) is 49.4 Å². The highest BCUT2D eigenvalue weighted by Crippen LogP contribution is 2.45. The van der Waals surface area contributed by atoms with Crippen molar-refractivity contribution in [3.05, 3.63) is 0 Å². The van der Waals surface area contributed by atoms with Crippen molar-refractivity contribution in [1.82, 2.24) is 0 Å². The largest absolute Gasteiger partial charge is 0.472 e. The zero-order chi connectivity index (χ0) is 69.6. The third-order valence-corrected chi connectivity index (χ3v) is 20.3. The number of carbonyl (C=O) groups excluding carboxylic acids is 4. The minimum absolute atomic E-state index is 0.102. The average molecular weight is 1380 g/mol. The molecule has 0 fully saturated rings. The first kappa shape index (κ1) is 92.1. The van der Waals surface area contributed by atoms with Crippen LogP contribution in [0.4, 0.5) is 0 Å². The molecule has 0 heterocycles. The van der Waals surface area contributed by atoms with Gasteiger partial charge in [0.25, 0.3) is 0 Å². The SMILES string of the molecule is CCC(C)CCCCCCCCCCCCCCCCCCCCC(=O)O[C@H](COC(=O)CCCCCCCCCC(C)C)COP(=O)(O)OCC(O)COP(=O)(O)OC[C@@H](COC(=O)CCCCCCCCCCC(C)CC)OC(=O)CCCCCCCCC(C)CC. The topological polar surface area (TPSA) is 237 Å². The van der Waals surface area contributed by atoms with Gasteiger partial charge in [0.15, 0.2) is 12.2 Å². The van der Waals surface area contributed by atoms with Crippen LogP contribution in [-0.4, -0.2) is 96.7 Å². The zero-order valence-corrected chi connectivity index (χ0v) is 63.4. The Hall–Kier alpha value is -1.94. The molecule has 0 aromatic rings. The van der Waals surface area contributed by atoms with Crippen molar-refractivity contribution < 1.29 is 80.2 Å². The van der Waals surface area contributed by atoms with Crippen LogP contribution in [0.15, 0.2) is 0 Å². The molecule has 0 aromatic heterocycles. The fraction of sp³-hybridized carbons (Fsp3) is 0.947. The van der Waals surface area contributed by atoms with E-state index in [1.807, 2.05) is 0 Å². The van der Waals surface area contributed by atoms with E-state index >= 15 is 0 Å². The van der Waals surface area contributed by atoms with Crippen LogP contribution in [-0.2, 0) is 65.4 Å². The lowest BCUT2D eigenvalue weighted by atomic mass is 9.99. The lowest BCUT2D eigenvalue weighted by Crippen LogP contribution is -2.30. The Morgan fingerprint density at radius 1 is 0.298 bits per heavy atom. The normalized spacial score (nSPS) is 15.0. The number of phosphoric acid groups is 2. The Morgan fingerprint density at radius 2 is 0.511 bits per heavy atom. The first-order chi connectivity index (χ1) is 45.2. The third kappa shape index (κ3) is 64.7. The number of phosphoric ester groups is 2. The number of carbonyl (C=O) groups is 4. The average Bonchev–Trinajstić information content (AvgIpc) is 1.23. The van der Waals surface area contributed by atoms with E-state index in [0.29, 0.717) is 31.6 Å². The van der Waals surface area contributed by atoms with E-state index in [1.54, 1.807) is 0 Å². The molecule has 0 amide bonds. The summed E-state index contributed by atoms with van der Waals surface area (Å²) in [6, 6.07) is 0. The number of hydrogen-bond acceptors (Lipinski definition) is 15. The maximum absolute atomic E-state index is 13.1. The van der Waals surface area contributed by atoms with Gasteiger partial charge in [0.05, 0.1) is 26.4 Å². The standard InChI is InChI=1S/C75H146O17P2/c1-9-66(6)52-44-36-28-22-20-18-16-14-12-13-15-17-19-21-23-31-41-49-57-74(79)91-70(61-86-73(78)56-48-40-32-26-27-35-43-51-65(4)5)63-89-93(81,82)87-59-69(76)60-88-94(83,84)90-64-71(92-75(80)58-50-42-34-33-38-46-54-68(8)11-3)62-85-72(77)55-47-39-30-25-24-29-37-45-53-67(7)10-2/h65-71,76H,9-64H2,1-8H3,(H,81,82)(H,83,84)/t66?,67?,68?,69?,70-,71-/m1/s1. The fourth-order valence-corrected chi connectivity index (χ4v) is 12.9. The van der Waals surface area contributed by atoms with Gasteiger partial charge in [-0.1, -0.05) is 325 Å². The van der Waals surface area contributed by atoms with Gasteiger partial charge in [0.1, 0.15) is 19.3 Å². The Labute approximate surface area is 575 Å². The van der Waals surface area contributed by atoms with Crippen LogP contribution in [0.25, 0.3) is 0 Å². The molecule has 0 rings (SSSR count). The number of aliphatic hydroxyl groups is 1. The van der Waals surface area contributed by atoms with Crippen LogP contribution in [0.5, 0.6) is 0 Å². The van der Waals surface area contributed by atoms with Crippen molar-refractivity contribution >= 4 is 39.5 Å². The first-order valence-electron chi connectivity index (χ1n) is 38.8. The number of aliphatic hydroxyl groups excluding tert-OH is 1. The van der Waals surface area contributed by atoms with Gasteiger partial charge in [0, 0.05) is 25.7 Å². The first-order valence-corrected chi connectivity index (χ1v) is 41.8. The second-order valence-corrected chi connectivity index (χ2v) is 31.1.